The van der Waals surface area contributed by atoms with Gasteiger partial charge in [0.05, 0.1) is 5.60 Å². The van der Waals surface area contributed by atoms with Crippen LogP contribution in [0.3, 0.4) is 0 Å². The van der Waals surface area contributed by atoms with E-state index in [2.05, 4.69) is 5.32 Å². The van der Waals surface area contributed by atoms with E-state index in [1.165, 1.54) is 12.8 Å². The number of hydrogen-bond donors (Lipinski definition) is 3. The smallest absolute Gasteiger partial charge is 0.0715 e. The Kier molecular flexibility index (Phi) is 3.71. The van der Waals surface area contributed by atoms with E-state index in [-0.39, 0.29) is 0 Å². The van der Waals surface area contributed by atoms with Gasteiger partial charge in [0, 0.05) is 18.6 Å². The fourth-order valence-electron chi connectivity index (χ4n) is 1.81. The first kappa shape index (κ1) is 11.0. The number of rotatable bonds is 3. The monoisotopic (exact) mass is 186 g/mol. The summed E-state index contributed by atoms with van der Waals surface area (Å²) in [6.45, 7) is 4.30. The summed E-state index contributed by atoms with van der Waals surface area (Å²) in [4.78, 5) is 0. The molecular formula is C10H22N2O. The van der Waals surface area contributed by atoms with Crippen molar-refractivity contribution in [1.82, 2.24) is 5.32 Å². The number of hydrogen-bond acceptors (Lipinski definition) is 3. The van der Waals surface area contributed by atoms with Crippen molar-refractivity contribution in [3.63, 3.8) is 0 Å². The summed E-state index contributed by atoms with van der Waals surface area (Å²) in [6, 6.07) is 0.864. The van der Waals surface area contributed by atoms with Gasteiger partial charge < -0.3 is 16.2 Å². The minimum Gasteiger partial charge on any atom is -0.389 e. The van der Waals surface area contributed by atoms with Crippen LogP contribution in [0.2, 0.25) is 0 Å². The predicted octanol–water partition coefficient (Wildman–Crippen LogP) is 0.617. The van der Waals surface area contributed by atoms with E-state index < -0.39 is 5.60 Å². The fourth-order valence-corrected chi connectivity index (χ4v) is 1.81. The number of aliphatic hydroxyl groups is 1. The van der Waals surface area contributed by atoms with E-state index >= 15 is 0 Å². The molecule has 1 aliphatic rings. The third kappa shape index (κ3) is 4.60. The predicted molar refractivity (Wildman–Crippen MR) is 54.5 cm³/mol. The molecule has 78 valence electrons. The highest BCUT2D eigenvalue weighted by Gasteiger charge is 2.21. The summed E-state index contributed by atoms with van der Waals surface area (Å²) in [5.41, 5.74) is 5.25. The van der Waals surface area contributed by atoms with Crippen LogP contribution in [0, 0.1) is 0 Å². The van der Waals surface area contributed by atoms with Crippen molar-refractivity contribution in [2.24, 2.45) is 5.73 Å². The average Bonchev–Trinajstić information content (AvgIpc) is 2.00. The van der Waals surface area contributed by atoms with Crippen LogP contribution >= 0.6 is 0 Å². The van der Waals surface area contributed by atoms with Gasteiger partial charge in [0.15, 0.2) is 0 Å². The molecule has 1 saturated carbocycles. The lowest BCUT2D eigenvalue weighted by molar-refractivity contribution is 0.0741. The van der Waals surface area contributed by atoms with Gasteiger partial charge in [0.2, 0.25) is 0 Å². The Balaban J connectivity index is 2.21. The zero-order chi connectivity index (χ0) is 9.90. The van der Waals surface area contributed by atoms with Crippen LogP contribution in [-0.2, 0) is 0 Å². The van der Waals surface area contributed by atoms with Crippen molar-refractivity contribution in [3.05, 3.63) is 0 Å². The van der Waals surface area contributed by atoms with Crippen LogP contribution in [0.4, 0.5) is 0 Å². The lowest BCUT2D eigenvalue weighted by Gasteiger charge is -2.29. The molecule has 0 saturated heterocycles. The molecule has 2 atom stereocenters. The second-order valence-electron chi connectivity index (χ2n) is 4.82. The normalized spacial score (nSPS) is 30.5. The van der Waals surface area contributed by atoms with Crippen LogP contribution in [0.1, 0.15) is 39.5 Å². The molecular weight excluding hydrogens is 164 g/mol. The molecule has 0 amide bonds. The van der Waals surface area contributed by atoms with Gasteiger partial charge in [0.1, 0.15) is 0 Å². The zero-order valence-corrected chi connectivity index (χ0v) is 8.71. The third-order valence-corrected chi connectivity index (χ3v) is 2.54. The Morgan fingerprint density at radius 1 is 1.46 bits per heavy atom. The molecule has 0 radical (unpaired) electrons. The van der Waals surface area contributed by atoms with Gasteiger partial charge in [0.25, 0.3) is 0 Å². The second kappa shape index (κ2) is 4.40. The molecule has 4 N–H and O–H groups in total. The van der Waals surface area contributed by atoms with Crippen molar-refractivity contribution in [3.8, 4) is 0 Å². The first-order valence-electron chi connectivity index (χ1n) is 5.19. The topological polar surface area (TPSA) is 58.3 Å². The maximum absolute atomic E-state index is 9.52. The molecule has 13 heavy (non-hydrogen) atoms. The lowest BCUT2D eigenvalue weighted by Crippen LogP contribution is -2.45. The van der Waals surface area contributed by atoms with E-state index in [0.29, 0.717) is 18.6 Å². The summed E-state index contributed by atoms with van der Waals surface area (Å²) in [5, 5.41) is 12.9. The van der Waals surface area contributed by atoms with Crippen LogP contribution in [-0.4, -0.2) is 29.3 Å². The zero-order valence-electron chi connectivity index (χ0n) is 8.71. The van der Waals surface area contributed by atoms with Crippen LogP contribution in [0.5, 0.6) is 0 Å². The van der Waals surface area contributed by atoms with Crippen LogP contribution in [0.15, 0.2) is 0 Å². The van der Waals surface area contributed by atoms with Gasteiger partial charge >= 0.3 is 0 Å². The molecule has 3 heteroatoms. The van der Waals surface area contributed by atoms with Crippen molar-refractivity contribution in [2.45, 2.75) is 57.2 Å². The summed E-state index contributed by atoms with van der Waals surface area (Å²) < 4.78 is 0. The summed E-state index contributed by atoms with van der Waals surface area (Å²) in [5.74, 6) is 0. The highest BCUT2D eigenvalue weighted by atomic mass is 16.3. The first-order valence-corrected chi connectivity index (χ1v) is 5.19. The maximum atomic E-state index is 9.52. The SMILES string of the molecule is CC(C)(O)CNC1CCCC(N)C1. The first-order chi connectivity index (χ1) is 5.97. The maximum Gasteiger partial charge on any atom is 0.0715 e. The van der Waals surface area contributed by atoms with Gasteiger partial charge in [-0.05, 0) is 33.1 Å². The van der Waals surface area contributed by atoms with Crippen molar-refractivity contribution >= 4 is 0 Å². The Labute approximate surface area is 80.7 Å². The van der Waals surface area contributed by atoms with Crippen LogP contribution in [0.25, 0.3) is 0 Å². The van der Waals surface area contributed by atoms with Gasteiger partial charge in [-0.2, -0.15) is 0 Å². The fraction of sp³-hybridized carbons (Fsp3) is 1.00. The van der Waals surface area contributed by atoms with Gasteiger partial charge in [-0.1, -0.05) is 6.42 Å². The van der Waals surface area contributed by atoms with E-state index in [4.69, 9.17) is 5.73 Å². The molecule has 1 rings (SSSR count). The van der Waals surface area contributed by atoms with Crippen molar-refractivity contribution in [2.75, 3.05) is 6.54 Å². The van der Waals surface area contributed by atoms with Crippen molar-refractivity contribution < 1.29 is 5.11 Å². The number of nitrogens with one attached hydrogen (secondary N) is 1. The van der Waals surface area contributed by atoms with E-state index in [0.717, 1.165) is 12.8 Å². The Morgan fingerprint density at radius 2 is 2.15 bits per heavy atom. The molecule has 1 aliphatic carbocycles. The molecule has 0 aromatic rings. The number of nitrogens with two attached hydrogens (primary N) is 1. The van der Waals surface area contributed by atoms with Crippen LogP contribution < -0.4 is 11.1 Å². The lowest BCUT2D eigenvalue weighted by atomic mass is 9.91. The summed E-state index contributed by atoms with van der Waals surface area (Å²) >= 11 is 0. The van der Waals surface area contributed by atoms with E-state index in [9.17, 15) is 5.11 Å². The highest BCUT2D eigenvalue weighted by Crippen LogP contribution is 2.17. The van der Waals surface area contributed by atoms with E-state index in [1.807, 2.05) is 13.8 Å². The molecule has 0 heterocycles. The minimum absolute atomic E-state index is 0.355. The molecule has 0 aromatic carbocycles. The molecule has 0 aliphatic heterocycles. The van der Waals surface area contributed by atoms with Gasteiger partial charge in [-0.25, -0.2) is 0 Å². The third-order valence-electron chi connectivity index (χ3n) is 2.54. The quantitative estimate of drug-likeness (QED) is 0.605. The van der Waals surface area contributed by atoms with Crippen molar-refractivity contribution in [1.29, 1.82) is 0 Å². The van der Waals surface area contributed by atoms with E-state index in [1.54, 1.807) is 0 Å². The largest absolute Gasteiger partial charge is 0.389 e. The molecule has 1 fully saturated rings. The Bertz CT molecular complexity index is 153. The molecule has 0 spiro atoms. The van der Waals surface area contributed by atoms with Gasteiger partial charge in [-0.15, -0.1) is 0 Å². The Hall–Kier alpha value is -0.120. The second-order valence-corrected chi connectivity index (χ2v) is 4.82. The molecule has 3 nitrogen and oxygen atoms in total. The Morgan fingerprint density at radius 3 is 2.69 bits per heavy atom. The standard InChI is InChI=1S/C10H22N2O/c1-10(2,13)7-12-9-5-3-4-8(11)6-9/h8-9,12-13H,3-7,11H2,1-2H3. The molecule has 0 bridgehead atoms. The minimum atomic E-state index is -0.610. The summed E-state index contributed by atoms with van der Waals surface area (Å²) in [6.07, 6.45) is 4.62. The molecule has 0 aromatic heterocycles. The average molecular weight is 186 g/mol. The molecule has 2 unspecified atom stereocenters. The van der Waals surface area contributed by atoms with Gasteiger partial charge in [-0.3, -0.25) is 0 Å². The highest BCUT2D eigenvalue weighted by molar-refractivity contribution is 4.81. The summed E-state index contributed by atoms with van der Waals surface area (Å²) in [7, 11) is 0.